The van der Waals surface area contributed by atoms with Crippen LogP contribution < -0.4 is 10.0 Å². The standard InChI is InChI=1S/C14H22N2O5S/c1-9-11(13(17)20-4)12(10(2)21-9)22(18,19)16-14(3)5-7-15-8-6-14/h15-16H,5-8H2,1-4H3. The lowest BCUT2D eigenvalue weighted by molar-refractivity contribution is 0.0594. The van der Waals surface area contributed by atoms with Crippen molar-refractivity contribution in [2.45, 2.75) is 44.0 Å². The molecule has 1 aromatic heterocycles. The Morgan fingerprint density at radius 3 is 2.41 bits per heavy atom. The van der Waals surface area contributed by atoms with Crippen molar-refractivity contribution < 1.29 is 22.4 Å². The van der Waals surface area contributed by atoms with Gasteiger partial charge in [0.25, 0.3) is 0 Å². The van der Waals surface area contributed by atoms with Crippen molar-refractivity contribution in [2.75, 3.05) is 20.2 Å². The highest BCUT2D eigenvalue weighted by Gasteiger charge is 2.37. The summed E-state index contributed by atoms with van der Waals surface area (Å²) in [6, 6.07) is 0. The van der Waals surface area contributed by atoms with Crippen LogP contribution in [-0.2, 0) is 14.8 Å². The zero-order valence-corrected chi connectivity index (χ0v) is 14.1. The molecule has 0 aliphatic carbocycles. The summed E-state index contributed by atoms with van der Waals surface area (Å²) >= 11 is 0. The van der Waals surface area contributed by atoms with Crippen molar-refractivity contribution >= 4 is 16.0 Å². The number of carbonyl (C=O) groups is 1. The predicted octanol–water partition coefficient (Wildman–Crippen LogP) is 1.10. The van der Waals surface area contributed by atoms with E-state index in [1.807, 2.05) is 6.92 Å². The SMILES string of the molecule is COC(=O)c1c(C)oc(C)c1S(=O)(=O)NC1(C)CCNCC1. The number of ether oxygens (including phenoxy) is 1. The number of hydrogen-bond acceptors (Lipinski definition) is 6. The first-order chi connectivity index (χ1) is 10.2. The Labute approximate surface area is 130 Å². The minimum absolute atomic E-state index is 0.0370. The first kappa shape index (κ1) is 17.0. The minimum Gasteiger partial charge on any atom is -0.465 e. The number of furan rings is 1. The third-order valence-electron chi connectivity index (χ3n) is 3.95. The number of esters is 1. The van der Waals surface area contributed by atoms with Gasteiger partial charge in [0.2, 0.25) is 10.0 Å². The highest BCUT2D eigenvalue weighted by molar-refractivity contribution is 7.89. The van der Waals surface area contributed by atoms with Crippen molar-refractivity contribution in [2.24, 2.45) is 0 Å². The summed E-state index contributed by atoms with van der Waals surface area (Å²) in [7, 11) is -2.68. The van der Waals surface area contributed by atoms with E-state index in [0.717, 1.165) is 13.1 Å². The number of piperidine rings is 1. The van der Waals surface area contributed by atoms with Crippen LogP contribution in [0.2, 0.25) is 0 Å². The van der Waals surface area contributed by atoms with E-state index in [9.17, 15) is 13.2 Å². The molecule has 1 aromatic rings. The van der Waals surface area contributed by atoms with Gasteiger partial charge in [-0.1, -0.05) is 0 Å². The average molecular weight is 330 g/mol. The number of nitrogens with one attached hydrogen (secondary N) is 2. The van der Waals surface area contributed by atoms with Crippen LogP contribution in [0.25, 0.3) is 0 Å². The Hall–Kier alpha value is -1.38. The molecule has 22 heavy (non-hydrogen) atoms. The molecule has 0 bridgehead atoms. The van der Waals surface area contributed by atoms with Gasteiger partial charge in [0.15, 0.2) is 0 Å². The Balaban J connectivity index is 2.43. The largest absolute Gasteiger partial charge is 0.465 e. The third-order valence-corrected chi connectivity index (χ3v) is 5.74. The summed E-state index contributed by atoms with van der Waals surface area (Å²) in [6.45, 7) is 6.42. The minimum atomic E-state index is -3.89. The second-order valence-corrected chi connectivity index (χ2v) is 7.45. The summed E-state index contributed by atoms with van der Waals surface area (Å²) in [6.07, 6.45) is 1.35. The monoisotopic (exact) mass is 330 g/mol. The zero-order valence-electron chi connectivity index (χ0n) is 13.3. The first-order valence-electron chi connectivity index (χ1n) is 7.13. The highest BCUT2D eigenvalue weighted by atomic mass is 32.2. The van der Waals surface area contributed by atoms with Crippen LogP contribution in [0.4, 0.5) is 0 Å². The fourth-order valence-corrected chi connectivity index (χ4v) is 4.65. The molecule has 1 aliphatic heterocycles. The van der Waals surface area contributed by atoms with Gasteiger partial charge in [0, 0.05) is 5.54 Å². The van der Waals surface area contributed by atoms with E-state index >= 15 is 0 Å². The van der Waals surface area contributed by atoms with Gasteiger partial charge in [-0.2, -0.15) is 0 Å². The van der Waals surface area contributed by atoms with Crippen molar-refractivity contribution in [3.63, 3.8) is 0 Å². The van der Waals surface area contributed by atoms with Crippen LogP contribution in [0, 0.1) is 13.8 Å². The second kappa shape index (κ2) is 6.02. The maximum atomic E-state index is 12.8. The summed E-state index contributed by atoms with van der Waals surface area (Å²) < 4.78 is 38.3. The van der Waals surface area contributed by atoms with Crippen molar-refractivity contribution in [3.8, 4) is 0 Å². The molecule has 8 heteroatoms. The lowest BCUT2D eigenvalue weighted by Crippen LogP contribution is -2.52. The number of rotatable bonds is 4. The molecule has 0 amide bonds. The Morgan fingerprint density at radius 1 is 1.27 bits per heavy atom. The molecule has 2 N–H and O–H groups in total. The predicted molar refractivity (Wildman–Crippen MR) is 80.4 cm³/mol. The van der Waals surface area contributed by atoms with Gasteiger partial charge >= 0.3 is 5.97 Å². The summed E-state index contributed by atoms with van der Waals surface area (Å²) in [5.74, 6) is -0.298. The van der Waals surface area contributed by atoms with Crippen molar-refractivity contribution in [1.29, 1.82) is 0 Å². The molecule has 1 fully saturated rings. The molecule has 0 radical (unpaired) electrons. The maximum Gasteiger partial charge on any atom is 0.342 e. The van der Waals surface area contributed by atoms with Crippen LogP contribution in [0.15, 0.2) is 9.31 Å². The fourth-order valence-electron chi connectivity index (χ4n) is 2.78. The molecule has 7 nitrogen and oxygen atoms in total. The number of carbonyl (C=O) groups excluding carboxylic acids is 1. The van der Waals surface area contributed by atoms with E-state index in [1.165, 1.54) is 14.0 Å². The summed E-state index contributed by atoms with van der Waals surface area (Å²) in [5, 5.41) is 3.19. The topological polar surface area (TPSA) is 97.6 Å². The van der Waals surface area contributed by atoms with E-state index in [4.69, 9.17) is 4.42 Å². The number of hydrogen-bond donors (Lipinski definition) is 2. The number of aryl methyl sites for hydroxylation is 2. The lowest BCUT2D eigenvalue weighted by atomic mass is 9.92. The van der Waals surface area contributed by atoms with E-state index in [0.29, 0.717) is 12.8 Å². The van der Waals surface area contributed by atoms with Gasteiger partial charge in [-0.25, -0.2) is 17.9 Å². The molecule has 124 valence electrons. The average Bonchev–Trinajstić information content (AvgIpc) is 2.73. The molecule has 0 unspecified atom stereocenters. The maximum absolute atomic E-state index is 12.8. The lowest BCUT2D eigenvalue weighted by Gasteiger charge is -2.34. The second-order valence-electron chi connectivity index (χ2n) is 5.83. The molecule has 0 spiro atoms. The number of sulfonamides is 1. The van der Waals surface area contributed by atoms with Crippen LogP contribution in [0.5, 0.6) is 0 Å². The molecular weight excluding hydrogens is 308 g/mol. The van der Waals surface area contributed by atoms with Gasteiger partial charge in [0.1, 0.15) is 22.0 Å². The fraction of sp³-hybridized carbons (Fsp3) is 0.643. The molecule has 2 heterocycles. The molecule has 0 saturated carbocycles. The van der Waals surface area contributed by atoms with Gasteiger partial charge < -0.3 is 14.5 Å². The smallest absolute Gasteiger partial charge is 0.342 e. The quantitative estimate of drug-likeness (QED) is 0.803. The van der Waals surface area contributed by atoms with Crippen molar-refractivity contribution in [3.05, 3.63) is 17.1 Å². The number of methoxy groups -OCH3 is 1. The van der Waals surface area contributed by atoms with Gasteiger partial charge in [-0.15, -0.1) is 0 Å². The van der Waals surface area contributed by atoms with Crippen LogP contribution in [-0.4, -0.2) is 40.1 Å². The van der Waals surface area contributed by atoms with Crippen LogP contribution in [0.1, 0.15) is 41.6 Å². The van der Waals surface area contributed by atoms with Gasteiger partial charge in [0.05, 0.1) is 7.11 Å². The first-order valence-corrected chi connectivity index (χ1v) is 8.61. The molecule has 2 rings (SSSR count). The molecular formula is C14H22N2O5S. The molecule has 1 aliphatic rings. The van der Waals surface area contributed by atoms with Gasteiger partial charge in [-0.3, -0.25) is 0 Å². The van der Waals surface area contributed by atoms with E-state index in [-0.39, 0.29) is 22.0 Å². The highest BCUT2D eigenvalue weighted by Crippen LogP contribution is 2.29. The Kier molecular flexibility index (Phi) is 4.65. The van der Waals surface area contributed by atoms with E-state index in [2.05, 4.69) is 14.8 Å². The normalized spacial score (nSPS) is 18.2. The van der Waals surface area contributed by atoms with Crippen LogP contribution in [0.3, 0.4) is 0 Å². The zero-order chi connectivity index (χ0) is 16.5. The van der Waals surface area contributed by atoms with Crippen molar-refractivity contribution in [1.82, 2.24) is 10.0 Å². The Morgan fingerprint density at radius 2 is 1.86 bits per heavy atom. The van der Waals surface area contributed by atoms with Crippen LogP contribution >= 0.6 is 0 Å². The van der Waals surface area contributed by atoms with Gasteiger partial charge in [-0.05, 0) is 46.7 Å². The Bertz CT molecular complexity index is 672. The summed E-state index contributed by atoms with van der Waals surface area (Å²) in [5.41, 5.74) is -0.584. The van der Waals surface area contributed by atoms with E-state index in [1.54, 1.807) is 6.92 Å². The third kappa shape index (κ3) is 3.18. The molecule has 0 aromatic carbocycles. The summed E-state index contributed by atoms with van der Waals surface area (Å²) in [4.78, 5) is 11.8. The molecule has 0 atom stereocenters. The molecule has 1 saturated heterocycles. The van der Waals surface area contributed by atoms with E-state index < -0.39 is 21.5 Å².